The molecular weight excluding hydrogens is 412 g/mol. The van der Waals surface area contributed by atoms with E-state index in [1.165, 1.54) is 34.7 Å². The molecule has 1 aromatic heterocycles. The zero-order chi connectivity index (χ0) is 22.8. The Kier molecular flexibility index (Phi) is 4.98. The third-order valence-electron chi connectivity index (χ3n) is 7.75. The van der Waals surface area contributed by atoms with Gasteiger partial charge >= 0.3 is 0 Å². The summed E-state index contributed by atoms with van der Waals surface area (Å²) in [6.45, 7) is 14.4. The Balaban J connectivity index is 1.68. The summed E-state index contributed by atoms with van der Waals surface area (Å²) in [5, 5.41) is 3.18. The quantitative estimate of drug-likeness (QED) is 0.306. The average molecular weight is 445 g/mol. The summed E-state index contributed by atoms with van der Waals surface area (Å²) in [6.07, 6.45) is 2.49. The number of hydrogen-bond donors (Lipinski definition) is 0. The maximum Gasteiger partial charge on any atom is 0.136 e. The molecule has 1 aliphatic rings. The van der Waals surface area contributed by atoms with Crippen LogP contribution in [-0.4, -0.2) is 0 Å². The van der Waals surface area contributed by atoms with Gasteiger partial charge in [-0.05, 0) is 94.2 Å². The first-order valence-corrected chi connectivity index (χ1v) is 12.2. The van der Waals surface area contributed by atoms with Gasteiger partial charge in [-0.15, -0.1) is 0 Å². The molecule has 1 aliphatic carbocycles. The van der Waals surface area contributed by atoms with E-state index in [0.29, 0.717) is 11.8 Å². The molecule has 0 bridgehead atoms. The van der Waals surface area contributed by atoms with Crippen molar-refractivity contribution >= 4 is 33.5 Å². The van der Waals surface area contributed by atoms with Gasteiger partial charge < -0.3 is 4.42 Å². The topological polar surface area (TPSA) is 13.1 Å². The predicted octanol–water partition coefficient (Wildman–Crippen LogP) is 9.53. The van der Waals surface area contributed by atoms with Gasteiger partial charge in [0.25, 0.3) is 0 Å². The highest BCUT2D eigenvalue weighted by molar-refractivity contribution is 6.30. The molecule has 0 fully saturated rings. The van der Waals surface area contributed by atoms with Gasteiger partial charge in [-0.3, -0.25) is 0 Å². The molecule has 1 unspecified atom stereocenters. The molecular formula is C30H33ClO. The third kappa shape index (κ3) is 3.46. The van der Waals surface area contributed by atoms with E-state index < -0.39 is 0 Å². The molecule has 1 heterocycles. The largest absolute Gasteiger partial charge is 0.456 e. The van der Waals surface area contributed by atoms with E-state index in [4.69, 9.17) is 16.0 Å². The molecule has 2 heteroatoms. The lowest BCUT2D eigenvalue weighted by Crippen LogP contribution is -2.42. The van der Waals surface area contributed by atoms with Gasteiger partial charge in [0.1, 0.15) is 11.2 Å². The molecule has 0 saturated carbocycles. The van der Waals surface area contributed by atoms with Crippen molar-refractivity contribution in [3.8, 4) is 11.1 Å². The highest BCUT2D eigenvalue weighted by atomic mass is 35.5. The van der Waals surface area contributed by atoms with Gasteiger partial charge in [-0.1, -0.05) is 71.3 Å². The fourth-order valence-corrected chi connectivity index (χ4v) is 6.01. The molecule has 5 rings (SSSR count). The van der Waals surface area contributed by atoms with Gasteiger partial charge in [0.15, 0.2) is 0 Å². The van der Waals surface area contributed by atoms with Crippen LogP contribution in [0.2, 0.25) is 5.02 Å². The van der Waals surface area contributed by atoms with Crippen LogP contribution in [0.15, 0.2) is 59.0 Å². The second kappa shape index (κ2) is 7.39. The SMILES string of the molecule is CC(C)CC1CC(C)(C)c2cc3oc4cc(-c5ccc(Cl)cc5)ccc4c3cc2C1(C)C. The van der Waals surface area contributed by atoms with Crippen LogP contribution in [0, 0.1) is 11.8 Å². The number of furan rings is 1. The smallest absolute Gasteiger partial charge is 0.136 e. The second-order valence-electron chi connectivity index (χ2n) is 11.4. The Labute approximate surface area is 196 Å². The first-order valence-electron chi connectivity index (χ1n) is 11.8. The van der Waals surface area contributed by atoms with Crippen molar-refractivity contribution < 1.29 is 4.42 Å². The number of benzene rings is 3. The van der Waals surface area contributed by atoms with E-state index in [2.05, 4.69) is 84.0 Å². The van der Waals surface area contributed by atoms with Crippen LogP contribution in [0.5, 0.6) is 0 Å². The Morgan fingerprint density at radius 3 is 2.19 bits per heavy atom. The van der Waals surface area contributed by atoms with E-state index in [1.807, 2.05) is 12.1 Å². The molecule has 0 amide bonds. The van der Waals surface area contributed by atoms with Crippen molar-refractivity contribution in [2.45, 2.75) is 65.2 Å². The molecule has 0 radical (unpaired) electrons. The monoisotopic (exact) mass is 444 g/mol. The van der Waals surface area contributed by atoms with Crippen molar-refractivity contribution in [2.75, 3.05) is 0 Å². The Bertz CT molecular complexity index is 1300. The summed E-state index contributed by atoms with van der Waals surface area (Å²) in [5.41, 5.74) is 7.48. The normalized spacial score (nSPS) is 19.6. The number of hydrogen-bond acceptors (Lipinski definition) is 1. The van der Waals surface area contributed by atoms with Crippen LogP contribution < -0.4 is 0 Å². The number of halogens is 1. The summed E-state index contributed by atoms with van der Waals surface area (Å²) in [5.74, 6) is 1.39. The van der Waals surface area contributed by atoms with Gasteiger partial charge in [0.2, 0.25) is 0 Å². The van der Waals surface area contributed by atoms with E-state index in [1.54, 1.807) is 0 Å². The first kappa shape index (κ1) is 21.6. The fourth-order valence-electron chi connectivity index (χ4n) is 5.89. The zero-order valence-electron chi connectivity index (χ0n) is 20.1. The van der Waals surface area contributed by atoms with Gasteiger partial charge in [0.05, 0.1) is 0 Å². The van der Waals surface area contributed by atoms with Gasteiger partial charge in [-0.2, -0.15) is 0 Å². The molecule has 0 N–H and O–H groups in total. The van der Waals surface area contributed by atoms with Crippen molar-refractivity contribution in [3.63, 3.8) is 0 Å². The standard InChI is InChI=1S/C30H33ClO/c1-18(2)13-21-17-29(3,4)25-16-28-24(15-26(25)30(21,5)6)23-12-9-20(14-27(23)32-28)19-7-10-22(31)11-8-19/h7-12,14-16,18,21H,13,17H2,1-6H3. The van der Waals surface area contributed by atoms with Crippen molar-refractivity contribution in [1.29, 1.82) is 0 Å². The lowest BCUT2D eigenvalue weighted by atomic mass is 9.56. The van der Waals surface area contributed by atoms with Crippen LogP contribution in [0.25, 0.3) is 33.1 Å². The summed E-state index contributed by atoms with van der Waals surface area (Å²) in [4.78, 5) is 0. The number of fused-ring (bicyclic) bond motifs is 4. The lowest BCUT2D eigenvalue weighted by Gasteiger charge is -2.48. The molecule has 32 heavy (non-hydrogen) atoms. The maximum absolute atomic E-state index is 6.43. The lowest BCUT2D eigenvalue weighted by molar-refractivity contribution is 0.185. The minimum absolute atomic E-state index is 0.145. The summed E-state index contributed by atoms with van der Waals surface area (Å²) < 4.78 is 6.43. The molecule has 1 atom stereocenters. The molecule has 4 aromatic rings. The zero-order valence-corrected chi connectivity index (χ0v) is 20.8. The number of rotatable bonds is 3. The minimum atomic E-state index is 0.145. The fraction of sp³-hybridized carbons (Fsp3) is 0.400. The summed E-state index contributed by atoms with van der Waals surface area (Å²) >= 11 is 6.08. The highest BCUT2D eigenvalue weighted by Gasteiger charge is 2.44. The van der Waals surface area contributed by atoms with Crippen molar-refractivity contribution in [3.05, 3.63) is 70.7 Å². The molecule has 166 valence electrons. The van der Waals surface area contributed by atoms with Gasteiger partial charge in [0, 0.05) is 15.8 Å². The second-order valence-corrected chi connectivity index (χ2v) is 11.8. The Morgan fingerprint density at radius 1 is 0.844 bits per heavy atom. The van der Waals surface area contributed by atoms with Gasteiger partial charge in [-0.25, -0.2) is 0 Å². The maximum atomic E-state index is 6.43. The van der Waals surface area contributed by atoms with Crippen LogP contribution in [0.3, 0.4) is 0 Å². The summed E-state index contributed by atoms with van der Waals surface area (Å²) in [7, 11) is 0. The molecule has 3 aromatic carbocycles. The van der Waals surface area contributed by atoms with E-state index in [-0.39, 0.29) is 10.8 Å². The van der Waals surface area contributed by atoms with Crippen LogP contribution in [0.4, 0.5) is 0 Å². The third-order valence-corrected chi connectivity index (χ3v) is 8.00. The Morgan fingerprint density at radius 2 is 1.50 bits per heavy atom. The van der Waals surface area contributed by atoms with Crippen LogP contribution >= 0.6 is 11.6 Å². The predicted molar refractivity (Wildman–Crippen MR) is 138 cm³/mol. The van der Waals surface area contributed by atoms with E-state index in [0.717, 1.165) is 27.3 Å². The van der Waals surface area contributed by atoms with Crippen LogP contribution in [0.1, 0.15) is 65.5 Å². The molecule has 0 aliphatic heterocycles. The van der Waals surface area contributed by atoms with Crippen molar-refractivity contribution in [1.82, 2.24) is 0 Å². The van der Waals surface area contributed by atoms with E-state index >= 15 is 0 Å². The highest BCUT2D eigenvalue weighted by Crippen LogP contribution is 2.52. The Hall–Kier alpha value is -2.25. The average Bonchev–Trinajstić information content (AvgIpc) is 3.08. The molecule has 0 saturated heterocycles. The molecule has 1 nitrogen and oxygen atoms in total. The van der Waals surface area contributed by atoms with Crippen LogP contribution in [-0.2, 0) is 10.8 Å². The first-order chi connectivity index (χ1) is 15.1. The van der Waals surface area contributed by atoms with Crippen molar-refractivity contribution in [2.24, 2.45) is 11.8 Å². The van der Waals surface area contributed by atoms with E-state index in [9.17, 15) is 0 Å². The minimum Gasteiger partial charge on any atom is -0.456 e. The summed E-state index contributed by atoms with van der Waals surface area (Å²) in [6, 6.07) is 19.3. The molecule has 0 spiro atoms.